The van der Waals surface area contributed by atoms with Crippen molar-refractivity contribution < 1.29 is 9.32 Å². The quantitative estimate of drug-likeness (QED) is 0.734. The van der Waals surface area contributed by atoms with E-state index in [2.05, 4.69) is 20.8 Å². The van der Waals surface area contributed by atoms with Crippen molar-refractivity contribution in [2.45, 2.75) is 26.3 Å². The Hall–Kier alpha value is -1.43. The van der Waals surface area contributed by atoms with E-state index >= 15 is 0 Å². The first-order valence-electron chi connectivity index (χ1n) is 5.01. The lowest BCUT2D eigenvalue weighted by atomic mass is 10.0. The molecule has 0 radical (unpaired) electrons. The third-order valence-electron chi connectivity index (χ3n) is 2.62. The summed E-state index contributed by atoms with van der Waals surface area (Å²) in [6, 6.07) is 0.380. The molecular weight excluding hydrogens is 196 g/mol. The van der Waals surface area contributed by atoms with Gasteiger partial charge in [0.2, 0.25) is 5.91 Å². The normalized spacial score (nSPS) is 25.5. The van der Waals surface area contributed by atoms with Crippen LogP contribution in [0.25, 0.3) is 0 Å². The molecule has 6 nitrogen and oxygen atoms in total. The number of nitrogens with one attached hydrogen (secondary N) is 2. The zero-order valence-corrected chi connectivity index (χ0v) is 8.78. The predicted octanol–water partition coefficient (Wildman–Crippen LogP) is 0.315. The zero-order valence-electron chi connectivity index (χ0n) is 8.78. The SMILES string of the molecule is Cc1noc(NC(=O)C2CCNC2C)n1. The highest BCUT2D eigenvalue weighted by atomic mass is 16.5. The summed E-state index contributed by atoms with van der Waals surface area (Å²) in [5.74, 6) is 0.441. The molecule has 1 saturated heterocycles. The highest BCUT2D eigenvalue weighted by Crippen LogP contribution is 2.17. The fourth-order valence-corrected chi connectivity index (χ4v) is 1.76. The first-order valence-corrected chi connectivity index (χ1v) is 5.01. The second-order valence-corrected chi connectivity index (χ2v) is 3.77. The molecule has 1 fully saturated rings. The van der Waals surface area contributed by atoms with Crippen LogP contribution in [-0.4, -0.2) is 28.6 Å². The van der Waals surface area contributed by atoms with E-state index in [0.717, 1.165) is 13.0 Å². The van der Waals surface area contributed by atoms with Gasteiger partial charge in [-0.1, -0.05) is 5.16 Å². The molecule has 0 bridgehead atoms. The van der Waals surface area contributed by atoms with Gasteiger partial charge in [-0.05, 0) is 26.8 Å². The molecule has 15 heavy (non-hydrogen) atoms. The number of anilines is 1. The highest BCUT2D eigenvalue weighted by molar-refractivity contribution is 5.91. The summed E-state index contributed by atoms with van der Waals surface area (Å²) >= 11 is 0. The Balaban J connectivity index is 1.97. The first-order chi connectivity index (χ1) is 7.16. The van der Waals surface area contributed by atoms with Crippen molar-refractivity contribution >= 4 is 11.9 Å². The van der Waals surface area contributed by atoms with Crippen LogP contribution in [-0.2, 0) is 4.79 Å². The van der Waals surface area contributed by atoms with Crippen LogP contribution in [0, 0.1) is 12.8 Å². The Morgan fingerprint density at radius 1 is 1.67 bits per heavy atom. The standard InChI is InChI=1S/C9H14N4O2/c1-5-7(3-4-10-5)8(14)12-9-11-6(2)13-15-9/h5,7,10H,3-4H2,1-2H3,(H,11,12,13,14). The molecule has 82 valence electrons. The number of aryl methyl sites for hydroxylation is 1. The average molecular weight is 210 g/mol. The molecule has 1 aliphatic heterocycles. The number of amides is 1. The van der Waals surface area contributed by atoms with Crippen LogP contribution in [0.1, 0.15) is 19.2 Å². The monoisotopic (exact) mass is 210 g/mol. The average Bonchev–Trinajstić information content (AvgIpc) is 2.75. The number of carbonyl (C=O) groups is 1. The lowest BCUT2D eigenvalue weighted by molar-refractivity contribution is -0.120. The third-order valence-corrected chi connectivity index (χ3v) is 2.62. The minimum Gasteiger partial charge on any atom is -0.315 e. The van der Waals surface area contributed by atoms with Gasteiger partial charge in [0.05, 0.1) is 5.92 Å². The lowest BCUT2D eigenvalue weighted by Gasteiger charge is -2.12. The second-order valence-electron chi connectivity index (χ2n) is 3.77. The van der Waals surface area contributed by atoms with Crippen molar-refractivity contribution in [1.29, 1.82) is 0 Å². The van der Waals surface area contributed by atoms with Gasteiger partial charge in [-0.2, -0.15) is 4.98 Å². The van der Waals surface area contributed by atoms with Crippen LogP contribution in [0.4, 0.5) is 6.01 Å². The van der Waals surface area contributed by atoms with E-state index in [0.29, 0.717) is 5.82 Å². The van der Waals surface area contributed by atoms with Gasteiger partial charge in [-0.25, -0.2) is 0 Å². The summed E-state index contributed by atoms with van der Waals surface area (Å²) < 4.78 is 4.82. The lowest BCUT2D eigenvalue weighted by Crippen LogP contribution is -2.32. The van der Waals surface area contributed by atoms with Crippen LogP contribution in [0.2, 0.25) is 0 Å². The number of aromatic nitrogens is 2. The van der Waals surface area contributed by atoms with Crippen LogP contribution in [0.5, 0.6) is 0 Å². The van der Waals surface area contributed by atoms with E-state index in [9.17, 15) is 4.79 Å². The smallest absolute Gasteiger partial charge is 0.315 e. The summed E-state index contributed by atoms with van der Waals surface area (Å²) in [5, 5.41) is 9.43. The first kappa shape index (κ1) is 10.1. The number of nitrogens with zero attached hydrogens (tertiary/aromatic N) is 2. The number of hydrogen-bond donors (Lipinski definition) is 2. The van der Waals surface area contributed by atoms with E-state index in [1.807, 2.05) is 6.92 Å². The van der Waals surface area contributed by atoms with Gasteiger partial charge in [0, 0.05) is 6.04 Å². The van der Waals surface area contributed by atoms with Gasteiger partial charge < -0.3 is 9.84 Å². The maximum atomic E-state index is 11.8. The summed E-state index contributed by atoms with van der Waals surface area (Å²) in [5.41, 5.74) is 0. The van der Waals surface area contributed by atoms with Crippen LogP contribution >= 0.6 is 0 Å². The molecule has 0 saturated carbocycles. The molecule has 2 N–H and O–H groups in total. The van der Waals surface area contributed by atoms with Gasteiger partial charge in [0.25, 0.3) is 0 Å². The predicted molar refractivity (Wildman–Crippen MR) is 53.2 cm³/mol. The summed E-state index contributed by atoms with van der Waals surface area (Å²) in [6.45, 7) is 4.58. The summed E-state index contributed by atoms with van der Waals surface area (Å²) in [6.07, 6.45) is 0.847. The largest absolute Gasteiger partial charge is 0.328 e. The van der Waals surface area contributed by atoms with Gasteiger partial charge in [0.1, 0.15) is 0 Å². The molecule has 1 aliphatic rings. The van der Waals surface area contributed by atoms with Crippen molar-refractivity contribution in [2.24, 2.45) is 5.92 Å². The molecule has 0 aliphatic carbocycles. The van der Waals surface area contributed by atoms with Gasteiger partial charge in [-0.15, -0.1) is 0 Å². The second kappa shape index (κ2) is 3.98. The molecule has 2 unspecified atom stereocenters. The van der Waals surface area contributed by atoms with Gasteiger partial charge in [0.15, 0.2) is 5.82 Å². The van der Waals surface area contributed by atoms with E-state index in [1.165, 1.54) is 0 Å². The summed E-state index contributed by atoms with van der Waals surface area (Å²) in [4.78, 5) is 15.7. The Morgan fingerprint density at radius 2 is 2.47 bits per heavy atom. The molecule has 1 aromatic heterocycles. The zero-order chi connectivity index (χ0) is 10.8. The van der Waals surface area contributed by atoms with E-state index in [4.69, 9.17) is 4.52 Å². The van der Waals surface area contributed by atoms with Crippen LogP contribution < -0.4 is 10.6 Å². The molecule has 0 aromatic carbocycles. The Kier molecular flexibility index (Phi) is 2.68. The molecule has 1 amide bonds. The molecule has 6 heteroatoms. The van der Waals surface area contributed by atoms with Crippen molar-refractivity contribution in [3.63, 3.8) is 0 Å². The van der Waals surface area contributed by atoms with Gasteiger partial charge in [-0.3, -0.25) is 10.1 Å². The number of carbonyl (C=O) groups excluding carboxylic acids is 1. The topological polar surface area (TPSA) is 80.0 Å². The minimum absolute atomic E-state index is 0.0165. The highest BCUT2D eigenvalue weighted by Gasteiger charge is 2.30. The Morgan fingerprint density at radius 3 is 3.00 bits per heavy atom. The van der Waals surface area contributed by atoms with Crippen LogP contribution in [0.15, 0.2) is 4.52 Å². The number of rotatable bonds is 2. The maximum Gasteiger partial charge on any atom is 0.328 e. The molecule has 1 aromatic rings. The fraction of sp³-hybridized carbons (Fsp3) is 0.667. The van der Waals surface area contributed by atoms with Crippen molar-refractivity contribution in [2.75, 3.05) is 11.9 Å². The van der Waals surface area contributed by atoms with E-state index in [-0.39, 0.29) is 23.9 Å². The van der Waals surface area contributed by atoms with Crippen molar-refractivity contribution in [1.82, 2.24) is 15.5 Å². The van der Waals surface area contributed by atoms with Crippen molar-refractivity contribution in [3.8, 4) is 0 Å². The maximum absolute atomic E-state index is 11.8. The molecule has 2 rings (SSSR count). The fourth-order valence-electron chi connectivity index (χ4n) is 1.76. The minimum atomic E-state index is -0.0591. The van der Waals surface area contributed by atoms with Gasteiger partial charge >= 0.3 is 6.01 Å². The number of hydrogen-bond acceptors (Lipinski definition) is 5. The molecule has 0 spiro atoms. The van der Waals surface area contributed by atoms with Crippen molar-refractivity contribution in [3.05, 3.63) is 5.82 Å². The van der Waals surface area contributed by atoms with Crippen LogP contribution in [0.3, 0.4) is 0 Å². The van der Waals surface area contributed by atoms with E-state index in [1.54, 1.807) is 6.92 Å². The third kappa shape index (κ3) is 2.15. The Bertz CT molecular complexity index is 363. The Labute approximate surface area is 87.4 Å². The summed E-state index contributed by atoms with van der Waals surface area (Å²) in [7, 11) is 0. The molecule has 2 heterocycles. The molecular formula is C9H14N4O2. The molecule has 2 atom stereocenters. The van der Waals surface area contributed by atoms with E-state index < -0.39 is 0 Å².